The number of ether oxygens (including phenoxy) is 1. The molecule has 0 unspecified atom stereocenters. The first kappa shape index (κ1) is 10.6. The quantitative estimate of drug-likeness (QED) is 0.641. The van der Waals surface area contributed by atoms with Crippen LogP contribution in [0.4, 0.5) is 0 Å². The van der Waals surface area contributed by atoms with Crippen molar-refractivity contribution in [3.05, 3.63) is 22.2 Å². The molecule has 0 aliphatic heterocycles. The maximum absolute atomic E-state index is 5.61. The molecule has 0 saturated heterocycles. The Balaban J connectivity index is 2.19. The molecule has 0 amide bonds. The summed E-state index contributed by atoms with van der Waals surface area (Å²) in [6.45, 7) is 2.94. The van der Waals surface area contributed by atoms with Gasteiger partial charge in [0.15, 0.2) is 3.95 Å². The number of thiazole rings is 1. The van der Waals surface area contributed by atoms with Crippen LogP contribution in [0.1, 0.15) is 19.8 Å². The minimum Gasteiger partial charge on any atom is -0.494 e. The van der Waals surface area contributed by atoms with Crippen LogP contribution in [0.3, 0.4) is 0 Å². The second-order valence-corrected chi connectivity index (χ2v) is 5.09. The van der Waals surface area contributed by atoms with Crippen LogP contribution in [0, 0.1) is 3.95 Å². The average molecular weight is 239 g/mol. The highest BCUT2D eigenvalue weighted by atomic mass is 32.1. The Morgan fingerprint density at radius 1 is 1.47 bits per heavy atom. The molecule has 1 aromatic heterocycles. The Labute approximate surface area is 97.9 Å². The van der Waals surface area contributed by atoms with Gasteiger partial charge in [0.25, 0.3) is 0 Å². The molecule has 0 saturated carbocycles. The summed E-state index contributed by atoms with van der Waals surface area (Å²) >= 11 is 6.68. The minimum atomic E-state index is 0.785. The highest BCUT2D eigenvalue weighted by Gasteiger charge is 1.99. The van der Waals surface area contributed by atoms with Gasteiger partial charge in [-0.25, -0.2) is 0 Å². The van der Waals surface area contributed by atoms with Crippen LogP contribution in [0.5, 0.6) is 5.75 Å². The molecule has 0 aliphatic carbocycles. The first-order chi connectivity index (χ1) is 7.29. The smallest absolute Gasteiger partial charge is 0.159 e. The van der Waals surface area contributed by atoms with Crippen molar-refractivity contribution in [3.63, 3.8) is 0 Å². The molecule has 2 nitrogen and oxygen atoms in total. The van der Waals surface area contributed by atoms with Gasteiger partial charge in [0.2, 0.25) is 0 Å². The van der Waals surface area contributed by atoms with Crippen LogP contribution in [0.2, 0.25) is 0 Å². The lowest BCUT2D eigenvalue weighted by molar-refractivity contribution is 0.310. The number of hydrogen-bond acceptors (Lipinski definition) is 3. The van der Waals surface area contributed by atoms with E-state index in [1.54, 1.807) is 11.3 Å². The number of aromatic amines is 1. The third-order valence-corrected chi connectivity index (χ3v) is 3.37. The SMILES string of the molecule is CCCCOc1ccc2sc(=S)[nH]c2c1. The molecule has 0 aliphatic rings. The van der Waals surface area contributed by atoms with Gasteiger partial charge in [-0.05, 0) is 30.8 Å². The van der Waals surface area contributed by atoms with Crippen molar-refractivity contribution in [2.24, 2.45) is 0 Å². The van der Waals surface area contributed by atoms with Crippen molar-refractivity contribution in [1.29, 1.82) is 0 Å². The number of rotatable bonds is 4. The summed E-state index contributed by atoms with van der Waals surface area (Å²) in [5.74, 6) is 0.917. The van der Waals surface area contributed by atoms with Crippen molar-refractivity contribution >= 4 is 33.8 Å². The van der Waals surface area contributed by atoms with Crippen LogP contribution >= 0.6 is 23.6 Å². The van der Waals surface area contributed by atoms with E-state index in [0.29, 0.717) is 0 Å². The van der Waals surface area contributed by atoms with Gasteiger partial charge in [-0.3, -0.25) is 0 Å². The molecule has 80 valence electrons. The molecule has 1 heterocycles. The van der Waals surface area contributed by atoms with Gasteiger partial charge < -0.3 is 9.72 Å². The molecule has 0 fully saturated rings. The molecule has 0 spiro atoms. The van der Waals surface area contributed by atoms with E-state index in [4.69, 9.17) is 17.0 Å². The lowest BCUT2D eigenvalue weighted by Crippen LogP contribution is -1.95. The summed E-state index contributed by atoms with van der Waals surface area (Å²) in [7, 11) is 0. The van der Waals surface area contributed by atoms with E-state index in [-0.39, 0.29) is 0 Å². The molecule has 4 heteroatoms. The average Bonchev–Trinajstić information content (AvgIpc) is 2.57. The van der Waals surface area contributed by atoms with Gasteiger partial charge in [-0.1, -0.05) is 13.3 Å². The molecule has 15 heavy (non-hydrogen) atoms. The van der Waals surface area contributed by atoms with Crippen LogP contribution in [-0.2, 0) is 0 Å². The first-order valence-corrected chi connectivity index (χ1v) is 6.28. The third-order valence-electron chi connectivity index (χ3n) is 2.16. The predicted molar refractivity (Wildman–Crippen MR) is 67.4 cm³/mol. The van der Waals surface area contributed by atoms with E-state index >= 15 is 0 Å². The fourth-order valence-electron chi connectivity index (χ4n) is 1.36. The van der Waals surface area contributed by atoms with E-state index in [9.17, 15) is 0 Å². The molecular weight excluding hydrogens is 226 g/mol. The van der Waals surface area contributed by atoms with Gasteiger partial charge in [-0.2, -0.15) is 0 Å². The maximum atomic E-state index is 5.61. The second kappa shape index (κ2) is 4.77. The minimum absolute atomic E-state index is 0.785. The molecule has 0 radical (unpaired) electrons. The normalized spacial score (nSPS) is 10.7. The standard InChI is InChI=1S/C11H13NOS2/c1-2-3-6-13-8-4-5-10-9(7-8)12-11(14)15-10/h4-5,7H,2-3,6H2,1H3,(H,12,14). The Morgan fingerprint density at radius 2 is 2.33 bits per heavy atom. The Bertz CT molecular complexity index is 501. The predicted octanol–water partition coefficient (Wildman–Crippen LogP) is 4.14. The fraction of sp³-hybridized carbons (Fsp3) is 0.364. The van der Waals surface area contributed by atoms with E-state index in [0.717, 1.165) is 34.7 Å². The summed E-state index contributed by atoms with van der Waals surface area (Å²) in [6.07, 6.45) is 2.25. The van der Waals surface area contributed by atoms with Gasteiger partial charge in [0, 0.05) is 6.07 Å². The second-order valence-electron chi connectivity index (χ2n) is 3.37. The molecule has 1 aromatic carbocycles. The third kappa shape index (κ3) is 2.58. The Hall–Kier alpha value is -0.870. The number of nitrogens with one attached hydrogen (secondary N) is 1. The highest BCUT2D eigenvalue weighted by molar-refractivity contribution is 7.73. The summed E-state index contributed by atoms with van der Waals surface area (Å²) in [5, 5.41) is 0. The van der Waals surface area contributed by atoms with Crippen molar-refractivity contribution < 1.29 is 4.74 Å². The van der Waals surface area contributed by atoms with Crippen LogP contribution in [0.25, 0.3) is 10.2 Å². The zero-order valence-corrected chi connectivity index (χ0v) is 10.2. The number of fused-ring (bicyclic) bond motifs is 1. The van der Waals surface area contributed by atoms with E-state index < -0.39 is 0 Å². The van der Waals surface area contributed by atoms with E-state index in [1.165, 1.54) is 4.70 Å². The van der Waals surface area contributed by atoms with Crippen LogP contribution in [0.15, 0.2) is 18.2 Å². The Morgan fingerprint density at radius 3 is 3.13 bits per heavy atom. The maximum Gasteiger partial charge on any atom is 0.159 e. The first-order valence-electron chi connectivity index (χ1n) is 5.05. The van der Waals surface area contributed by atoms with Gasteiger partial charge in [-0.15, -0.1) is 11.3 Å². The molecular formula is C11H13NOS2. The molecule has 0 bridgehead atoms. The van der Waals surface area contributed by atoms with Gasteiger partial charge >= 0.3 is 0 Å². The summed E-state index contributed by atoms with van der Waals surface area (Å²) in [6, 6.07) is 6.06. The molecule has 1 N–H and O–H groups in total. The number of hydrogen-bond donors (Lipinski definition) is 1. The number of H-pyrrole nitrogens is 1. The zero-order chi connectivity index (χ0) is 10.7. The van der Waals surface area contributed by atoms with Crippen molar-refractivity contribution in [2.75, 3.05) is 6.61 Å². The highest BCUT2D eigenvalue weighted by Crippen LogP contribution is 2.24. The molecule has 2 aromatic rings. The number of unbranched alkanes of at least 4 members (excludes halogenated alkanes) is 1. The van der Waals surface area contributed by atoms with Crippen LogP contribution in [-0.4, -0.2) is 11.6 Å². The van der Waals surface area contributed by atoms with Crippen LogP contribution < -0.4 is 4.74 Å². The van der Waals surface area contributed by atoms with Crippen molar-refractivity contribution in [3.8, 4) is 5.75 Å². The summed E-state index contributed by atoms with van der Waals surface area (Å²) in [5.41, 5.74) is 1.07. The monoisotopic (exact) mass is 239 g/mol. The van der Waals surface area contributed by atoms with E-state index in [1.807, 2.05) is 18.2 Å². The van der Waals surface area contributed by atoms with Gasteiger partial charge in [0.05, 0.1) is 16.8 Å². The van der Waals surface area contributed by atoms with Crippen molar-refractivity contribution in [1.82, 2.24) is 4.98 Å². The van der Waals surface area contributed by atoms with Crippen molar-refractivity contribution in [2.45, 2.75) is 19.8 Å². The lowest BCUT2D eigenvalue weighted by atomic mass is 10.3. The largest absolute Gasteiger partial charge is 0.494 e. The summed E-state index contributed by atoms with van der Waals surface area (Å²) < 4.78 is 7.61. The Kier molecular flexibility index (Phi) is 3.38. The van der Waals surface area contributed by atoms with E-state index in [2.05, 4.69) is 11.9 Å². The fourth-order valence-corrected chi connectivity index (χ4v) is 2.45. The molecule has 0 atom stereocenters. The summed E-state index contributed by atoms with van der Waals surface area (Å²) in [4.78, 5) is 3.14. The number of aromatic nitrogens is 1. The lowest BCUT2D eigenvalue weighted by Gasteiger charge is -2.04. The number of benzene rings is 1. The zero-order valence-electron chi connectivity index (χ0n) is 8.58. The van der Waals surface area contributed by atoms with Gasteiger partial charge in [0.1, 0.15) is 5.75 Å². The molecule has 2 rings (SSSR count). The topological polar surface area (TPSA) is 25.0 Å².